The highest BCUT2D eigenvalue weighted by molar-refractivity contribution is 5.79. The number of piperidine rings is 1. The Labute approximate surface area is 98.4 Å². The molecule has 1 saturated carbocycles. The third-order valence-corrected chi connectivity index (χ3v) is 3.95. The summed E-state index contributed by atoms with van der Waals surface area (Å²) in [7, 11) is 0. The van der Waals surface area contributed by atoms with Crippen molar-refractivity contribution in [3.8, 4) is 0 Å². The van der Waals surface area contributed by atoms with E-state index >= 15 is 0 Å². The molecule has 1 saturated heterocycles. The standard InChI is InChI=1S/C13H24N2O/c1-10-9-11(7-8-14-10)13(16)15-12-5-3-2-4-6-12/h10-12,14H,2-9H2,1H3,(H,15,16). The van der Waals surface area contributed by atoms with Crippen LogP contribution in [0.2, 0.25) is 0 Å². The van der Waals surface area contributed by atoms with Crippen LogP contribution >= 0.6 is 0 Å². The molecule has 0 aromatic rings. The minimum atomic E-state index is 0.248. The van der Waals surface area contributed by atoms with Crippen LogP contribution in [0.3, 0.4) is 0 Å². The Morgan fingerprint density at radius 3 is 2.62 bits per heavy atom. The molecule has 2 N–H and O–H groups in total. The Morgan fingerprint density at radius 1 is 1.19 bits per heavy atom. The van der Waals surface area contributed by atoms with Crippen LogP contribution in [0.1, 0.15) is 51.9 Å². The molecule has 1 aliphatic heterocycles. The molecule has 2 unspecified atom stereocenters. The van der Waals surface area contributed by atoms with E-state index in [1.165, 1.54) is 32.1 Å². The fourth-order valence-corrected chi connectivity index (χ4v) is 2.94. The average Bonchev–Trinajstić information content (AvgIpc) is 2.30. The number of nitrogens with one attached hydrogen (secondary N) is 2. The monoisotopic (exact) mass is 224 g/mol. The van der Waals surface area contributed by atoms with Crippen molar-refractivity contribution in [2.24, 2.45) is 5.92 Å². The summed E-state index contributed by atoms with van der Waals surface area (Å²) < 4.78 is 0. The van der Waals surface area contributed by atoms with Crippen LogP contribution in [0, 0.1) is 5.92 Å². The maximum atomic E-state index is 12.1. The lowest BCUT2D eigenvalue weighted by molar-refractivity contribution is -0.127. The summed E-state index contributed by atoms with van der Waals surface area (Å²) in [4.78, 5) is 12.1. The number of amides is 1. The number of hydrogen-bond donors (Lipinski definition) is 2. The van der Waals surface area contributed by atoms with Crippen molar-refractivity contribution >= 4 is 5.91 Å². The molecule has 3 nitrogen and oxygen atoms in total. The van der Waals surface area contributed by atoms with E-state index in [-0.39, 0.29) is 5.92 Å². The van der Waals surface area contributed by atoms with Gasteiger partial charge in [-0.2, -0.15) is 0 Å². The van der Waals surface area contributed by atoms with Gasteiger partial charge in [0.2, 0.25) is 5.91 Å². The summed E-state index contributed by atoms with van der Waals surface area (Å²) in [5.74, 6) is 0.554. The molecule has 0 spiro atoms. The molecular formula is C13H24N2O. The predicted molar refractivity (Wildman–Crippen MR) is 65.2 cm³/mol. The Morgan fingerprint density at radius 2 is 1.94 bits per heavy atom. The zero-order chi connectivity index (χ0) is 11.4. The molecule has 0 aromatic heterocycles. The average molecular weight is 224 g/mol. The molecule has 0 bridgehead atoms. The van der Waals surface area contributed by atoms with Crippen molar-refractivity contribution in [1.82, 2.24) is 10.6 Å². The van der Waals surface area contributed by atoms with Crippen molar-refractivity contribution in [1.29, 1.82) is 0 Å². The maximum Gasteiger partial charge on any atom is 0.223 e. The lowest BCUT2D eigenvalue weighted by atomic mass is 9.90. The molecular weight excluding hydrogens is 200 g/mol. The molecule has 0 radical (unpaired) electrons. The highest BCUT2D eigenvalue weighted by Gasteiger charge is 2.26. The first-order valence-corrected chi connectivity index (χ1v) is 6.79. The van der Waals surface area contributed by atoms with Crippen LogP contribution in [-0.2, 0) is 4.79 Å². The summed E-state index contributed by atoms with van der Waals surface area (Å²) in [6, 6.07) is 0.960. The second-order valence-electron chi connectivity index (χ2n) is 5.42. The van der Waals surface area contributed by atoms with E-state index in [1.807, 2.05) is 0 Å². The van der Waals surface area contributed by atoms with Crippen LogP contribution < -0.4 is 10.6 Å². The molecule has 1 heterocycles. The first kappa shape index (κ1) is 11.9. The third-order valence-electron chi connectivity index (χ3n) is 3.95. The third kappa shape index (κ3) is 3.21. The fraction of sp³-hybridized carbons (Fsp3) is 0.923. The molecule has 2 aliphatic rings. The highest BCUT2D eigenvalue weighted by Crippen LogP contribution is 2.20. The van der Waals surface area contributed by atoms with Gasteiger partial charge in [0.15, 0.2) is 0 Å². The van der Waals surface area contributed by atoms with Crippen molar-refractivity contribution < 1.29 is 4.79 Å². The van der Waals surface area contributed by atoms with E-state index < -0.39 is 0 Å². The van der Waals surface area contributed by atoms with E-state index in [4.69, 9.17) is 0 Å². The number of hydrogen-bond acceptors (Lipinski definition) is 2. The molecule has 1 aliphatic carbocycles. The van der Waals surface area contributed by atoms with Gasteiger partial charge in [-0.3, -0.25) is 4.79 Å². The molecule has 2 rings (SSSR count). The molecule has 2 fully saturated rings. The number of carbonyl (C=O) groups is 1. The Balaban J connectivity index is 1.77. The van der Waals surface area contributed by atoms with E-state index in [0.29, 0.717) is 18.0 Å². The lowest BCUT2D eigenvalue weighted by Crippen LogP contribution is -2.45. The van der Waals surface area contributed by atoms with Crippen LogP contribution in [0.5, 0.6) is 0 Å². The summed E-state index contributed by atoms with van der Waals surface area (Å²) >= 11 is 0. The van der Waals surface area contributed by atoms with Crippen LogP contribution in [0.4, 0.5) is 0 Å². The normalized spacial score (nSPS) is 32.3. The van der Waals surface area contributed by atoms with E-state index in [2.05, 4.69) is 17.6 Å². The quantitative estimate of drug-likeness (QED) is 0.751. The molecule has 3 heteroatoms. The van der Waals surface area contributed by atoms with Gasteiger partial charge in [0.05, 0.1) is 0 Å². The van der Waals surface area contributed by atoms with Gasteiger partial charge in [-0.1, -0.05) is 19.3 Å². The fourth-order valence-electron chi connectivity index (χ4n) is 2.94. The molecule has 16 heavy (non-hydrogen) atoms. The van der Waals surface area contributed by atoms with Gasteiger partial charge < -0.3 is 10.6 Å². The molecule has 2 atom stereocenters. The predicted octanol–water partition coefficient (Wildman–Crippen LogP) is 1.82. The van der Waals surface area contributed by atoms with Gasteiger partial charge in [-0.05, 0) is 39.2 Å². The van der Waals surface area contributed by atoms with Crippen molar-refractivity contribution in [2.45, 2.75) is 64.0 Å². The first-order chi connectivity index (χ1) is 7.75. The molecule has 0 aromatic carbocycles. The minimum Gasteiger partial charge on any atom is -0.353 e. The largest absolute Gasteiger partial charge is 0.353 e. The van der Waals surface area contributed by atoms with E-state index in [9.17, 15) is 4.79 Å². The smallest absolute Gasteiger partial charge is 0.223 e. The SMILES string of the molecule is CC1CC(C(=O)NC2CCCCC2)CCN1. The van der Waals surface area contributed by atoms with Gasteiger partial charge >= 0.3 is 0 Å². The molecule has 92 valence electrons. The van der Waals surface area contributed by atoms with Gasteiger partial charge in [0.25, 0.3) is 0 Å². The lowest BCUT2D eigenvalue weighted by Gasteiger charge is -2.30. The van der Waals surface area contributed by atoms with Gasteiger partial charge in [0, 0.05) is 18.0 Å². The second-order valence-corrected chi connectivity index (χ2v) is 5.42. The molecule has 1 amide bonds. The number of rotatable bonds is 2. The summed E-state index contributed by atoms with van der Waals surface area (Å²) in [5, 5.41) is 6.63. The second kappa shape index (κ2) is 5.67. The zero-order valence-electron chi connectivity index (χ0n) is 10.3. The van der Waals surface area contributed by atoms with Crippen molar-refractivity contribution in [3.05, 3.63) is 0 Å². The van der Waals surface area contributed by atoms with Crippen LogP contribution in [0.25, 0.3) is 0 Å². The first-order valence-electron chi connectivity index (χ1n) is 6.79. The zero-order valence-corrected chi connectivity index (χ0v) is 10.3. The van der Waals surface area contributed by atoms with Crippen molar-refractivity contribution in [3.63, 3.8) is 0 Å². The number of carbonyl (C=O) groups excluding carboxylic acids is 1. The Kier molecular flexibility index (Phi) is 4.22. The van der Waals surface area contributed by atoms with Crippen molar-refractivity contribution in [2.75, 3.05) is 6.54 Å². The highest BCUT2D eigenvalue weighted by atomic mass is 16.1. The Bertz CT molecular complexity index is 236. The van der Waals surface area contributed by atoms with Crippen LogP contribution in [0.15, 0.2) is 0 Å². The Hall–Kier alpha value is -0.570. The summed E-state index contributed by atoms with van der Waals surface area (Å²) in [5.41, 5.74) is 0. The van der Waals surface area contributed by atoms with Gasteiger partial charge in [-0.25, -0.2) is 0 Å². The minimum absolute atomic E-state index is 0.248. The maximum absolute atomic E-state index is 12.1. The van der Waals surface area contributed by atoms with Crippen LogP contribution in [-0.4, -0.2) is 24.5 Å². The topological polar surface area (TPSA) is 41.1 Å². The van der Waals surface area contributed by atoms with Gasteiger partial charge in [0.1, 0.15) is 0 Å². The summed E-state index contributed by atoms with van der Waals surface area (Å²) in [6.45, 7) is 3.16. The summed E-state index contributed by atoms with van der Waals surface area (Å²) in [6.07, 6.45) is 8.29. The van der Waals surface area contributed by atoms with E-state index in [1.54, 1.807) is 0 Å². The van der Waals surface area contributed by atoms with E-state index in [0.717, 1.165) is 19.4 Å². The van der Waals surface area contributed by atoms with Gasteiger partial charge in [-0.15, -0.1) is 0 Å².